The molecule has 144 valence electrons. The van der Waals surface area contributed by atoms with E-state index in [1.807, 2.05) is 69.3 Å². The maximum absolute atomic E-state index is 12.8. The van der Waals surface area contributed by atoms with Crippen LogP contribution in [0.3, 0.4) is 0 Å². The molecule has 3 aromatic rings. The number of carbonyl (C=O) groups is 2. The van der Waals surface area contributed by atoms with Crippen molar-refractivity contribution in [2.75, 3.05) is 5.32 Å². The SMILES string of the molecule is CCC(C)C(=O)Nc1cccc(CNC(=O)c2cc(C)nc3ccccc23)c1. The number of fused-ring (bicyclic) bond motifs is 1. The zero-order valence-electron chi connectivity index (χ0n) is 16.5. The minimum atomic E-state index is -0.143. The number of carbonyl (C=O) groups excluding carboxylic acids is 2. The molecule has 0 spiro atoms. The van der Waals surface area contributed by atoms with Gasteiger partial charge in [0, 0.05) is 29.2 Å². The van der Waals surface area contributed by atoms with Gasteiger partial charge in [0.25, 0.3) is 5.91 Å². The van der Waals surface area contributed by atoms with Crippen molar-refractivity contribution in [1.82, 2.24) is 10.3 Å². The summed E-state index contributed by atoms with van der Waals surface area (Å²) < 4.78 is 0. The van der Waals surface area contributed by atoms with Crippen LogP contribution in [0.15, 0.2) is 54.6 Å². The van der Waals surface area contributed by atoms with Crippen LogP contribution in [-0.2, 0) is 11.3 Å². The Labute approximate surface area is 165 Å². The lowest BCUT2D eigenvalue weighted by molar-refractivity contribution is -0.119. The fraction of sp³-hybridized carbons (Fsp3) is 0.261. The number of pyridine rings is 1. The lowest BCUT2D eigenvalue weighted by atomic mass is 10.1. The smallest absolute Gasteiger partial charge is 0.252 e. The van der Waals surface area contributed by atoms with Crippen molar-refractivity contribution in [2.45, 2.75) is 33.7 Å². The summed E-state index contributed by atoms with van der Waals surface area (Å²) in [6, 6.07) is 17.0. The summed E-state index contributed by atoms with van der Waals surface area (Å²) in [6.45, 7) is 6.15. The van der Waals surface area contributed by atoms with Crippen molar-refractivity contribution in [3.63, 3.8) is 0 Å². The van der Waals surface area contributed by atoms with Gasteiger partial charge < -0.3 is 10.6 Å². The molecule has 0 fully saturated rings. The van der Waals surface area contributed by atoms with E-state index in [2.05, 4.69) is 15.6 Å². The molecule has 0 aliphatic rings. The second-order valence-corrected chi connectivity index (χ2v) is 7.01. The largest absolute Gasteiger partial charge is 0.348 e. The molecule has 0 aliphatic heterocycles. The normalized spacial score (nSPS) is 11.8. The summed E-state index contributed by atoms with van der Waals surface area (Å²) in [6.07, 6.45) is 0.793. The van der Waals surface area contributed by atoms with Gasteiger partial charge in [-0.1, -0.05) is 44.2 Å². The summed E-state index contributed by atoms with van der Waals surface area (Å²) in [7, 11) is 0. The Bertz CT molecular complexity index is 1010. The quantitative estimate of drug-likeness (QED) is 0.668. The molecule has 1 heterocycles. The second-order valence-electron chi connectivity index (χ2n) is 7.01. The summed E-state index contributed by atoms with van der Waals surface area (Å²) in [5, 5.41) is 6.73. The van der Waals surface area contributed by atoms with E-state index >= 15 is 0 Å². The Kier molecular flexibility index (Phi) is 6.04. The molecule has 3 rings (SSSR count). The summed E-state index contributed by atoms with van der Waals surface area (Å²) in [5.41, 5.74) is 3.89. The van der Waals surface area contributed by atoms with Crippen LogP contribution in [0.25, 0.3) is 10.9 Å². The summed E-state index contributed by atoms with van der Waals surface area (Å²) in [4.78, 5) is 29.3. The van der Waals surface area contributed by atoms with Gasteiger partial charge in [0.05, 0.1) is 11.1 Å². The topological polar surface area (TPSA) is 71.1 Å². The van der Waals surface area contributed by atoms with Crippen LogP contribution >= 0.6 is 0 Å². The molecule has 5 nitrogen and oxygen atoms in total. The molecule has 28 heavy (non-hydrogen) atoms. The summed E-state index contributed by atoms with van der Waals surface area (Å²) in [5.74, 6) is -0.176. The van der Waals surface area contributed by atoms with Crippen molar-refractivity contribution < 1.29 is 9.59 Å². The van der Waals surface area contributed by atoms with Crippen molar-refractivity contribution in [3.05, 3.63) is 71.4 Å². The number of rotatable bonds is 6. The molecule has 0 aliphatic carbocycles. The Morgan fingerprint density at radius 3 is 2.64 bits per heavy atom. The molecule has 5 heteroatoms. The first kappa shape index (κ1) is 19.5. The lowest BCUT2D eigenvalue weighted by Crippen LogP contribution is -2.23. The zero-order valence-corrected chi connectivity index (χ0v) is 16.5. The van der Waals surface area contributed by atoms with Crippen molar-refractivity contribution >= 4 is 28.4 Å². The van der Waals surface area contributed by atoms with E-state index in [9.17, 15) is 9.59 Å². The highest BCUT2D eigenvalue weighted by Gasteiger charge is 2.13. The highest BCUT2D eigenvalue weighted by atomic mass is 16.2. The van der Waals surface area contributed by atoms with E-state index in [1.165, 1.54) is 0 Å². The fourth-order valence-corrected chi connectivity index (χ4v) is 2.98. The van der Waals surface area contributed by atoms with Gasteiger partial charge in [0.15, 0.2) is 0 Å². The van der Waals surface area contributed by atoms with Gasteiger partial charge in [-0.2, -0.15) is 0 Å². The third-order valence-corrected chi connectivity index (χ3v) is 4.80. The molecule has 0 bridgehead atoms. The number of aromatic nitrogens is 1. The molecule has 1 unspecified atom stereocenters. The van der Waals surface area contributed by atoms with E-state index in [4.69, 9.17) is 0 Å². The predicted molar refractivity (Wildman–Crippen MR) is 112 cm³/mol. The van der Waals surface area contributed by atoms with Crippen LogP contribution in [0.1, 0.15) is 41.9 Å². The van der Waals surface area contributed by atoms with Crippen LogP contribution in [-0.4, -0.2) is 16.8 Å². The molecule has 1 aromatic heterocycles. The number of benzene rings is 2. The van der Waals surface area contributed by atoms with E-state index in [-0.39, 0.29) is 17.7 Å². The molecule has 2 amide bonds. The highest BCUT2D eigenvalue weighted by Crippen LogP contribution is 2.18. The van der Waals surface area contributed by atoms with Gasteiger partial charge in [0.1, 0.15) is 0 Å². The van der Waals surface area contributed by atoms with Crippen LogP contribution < -0.4 is 10.6 Å². The molecule has 2 N–H and O–H groups in total. The zero-order chi connectivity index (χ0) is 20.1. The molecular formula is C23H25N3O2. The fourth-order valence-electron chi connectivity index (χ4n) is 2.98. The molecular weight excluding hydrogens is 350 g/mol. The highest BCUT2D eigenvalue weighted by molar-refractivity contribution is 6.06. The number of para-hydroxylation sites is 1. The number of nitrogens with zero attached hydrogens (tertiary/aromatic N) is 1. The van der Waals surface area contributed by atoms with Crippen molar-refractivity contribution in [3.8, 4) is 0 Å². The maximum Gasteiger partial charge on any atom is 0.252 e. The van der Waals surface area contributed by atoms with Crippen LogP contribution in [0.5, 0.6) is 0 Å². The average molecular weight is 375 g/mol. The van der Waals surface area contributed by atoms with Gasteiger partial charge in [-0.25, -0.2) is 0 Å². The minimum absolute atomic E-state index is 0.00224. The first-order chi connectivity index (χ1) is 13.5. The molecule has 2 aromatic carbocycles. The van der Waals surface area contributed by atoms with E-state index in [0.717, 1.165) is 34.3 Å². The number of amides is 2. The first-order valence-electron chi connectivity index (χ1n) is 9.52. The van der Waals surface area contributed by atoms with Crippen molar-refractivity contribution in [2.24, 2.45) is 5.92 Å². The monoisotopic (exact) mass is 375 g/mol. The third-order valence-electron chi connectivity index (χ3n) is 4.80. The number of nitrogens with one attached hydrogen (secondary N) is 2. The standard InChI is InChI=1S/C23H25N3O2/c1-4-15(2)22(27)26-18-9-7-8-17(13-18)14-24-23(28)20-12-16(3)25-21-11-6-5-10-19(20)21/h5-13,15H,4,14H2,1-3H3,(H,24,28)(H,26,27). The van der Waals surface area contributed by atoms with Crippen LogP contribution in [0.2, 0.25) is 0 Å². The Hall–Kier alpha value is -3.21. The summed E-state index contributed by atoms with van der Waals surface area (Å²) >= 11 is 0. The molecule has 0 saturated carbocycles. The Morgan fingerprint density at radius 1 is 1.07 bits per heavy atom. The van der Waals surface area contributed by atoms with Gasteiger partial charge in [-0.05, 0) is 43.2 Å². The van der Waals surface area contributed by atoms with Gasteiger partial charge in [-0.3, -0.25) is 14.6 Å². The number of anilines is 1. The van der Waals surface area contributed by atoms with Crippen LogP contribution in [0.4, 0.5) is 5.69 Å². The second kappa shape index (κ2) is 8.65. The first-order valence-corrected chi connectivity index (χ1v) is 9.52. The number of aryl methyl sites for hydroxylation is 1. The van der Waals surface area contributed by atoms with Gasteiger partial charge in [-0.15, -0.1) is 0 Å². The molecule has 0 radical (unpaired) electrons. The third kappa shape index (κ3) is 4.55. The maximum atomic E-state index is 12.8. The Balaban J connectivity index is 1.72. The predicted octanol–water partition coefficient (Wildman–Crippen LogP) is 4.46. The minimum Gasteiger partial charge on any atom is -0.348 e. The average Bonchev–Trinajstić information content (AvgIpc) is 2.70. The Morgan fingerprint density at radius 2 is 1.86 bits per heavy atom. The lowest BCUT2D eigenvalue weighted by Gasteiger charge is -2.12. The van der Waals surface area contributed by atoms with Crippen LogP contribution in [0, 0.1) is 12.8 Å². The molecule has 1 atom stereocenters. The van der Waals surface area contributed by atoms with E-state index < -0.39 is 0 Å². The van der Waals surface area contributed by atoms with E-state index in [0.29, 0.717) is 12.1 Å². The number of hydrogen-bond acceptors (Lipinski definition) is 3. The van der Waals surface area contributed by atoms with E-state index in [1.54, 1.807) is 6.07 Å². The van der Waals surface area contributed by atoms with Gasteiger partial charge >= 0.3 is 0 Å². The molecule has 0 saturated heterocycles. The van der Waals surface area contributed by atoms with Crippen molar-refractivity contribution in [1.29, 1.82) is 0 Å². The van der Waals surface area contributed by atoms with Gasteiger partial charge in [0.2, 0.25) is 5.91 Å². The number of hydrogen-bond donors (Lipinski definition) is 2.